The third kappa shape index (κ3) is 5.00. The van der Waals surface area contributed by atoms with Gasteiger partial charge in [0.05, 0.1) is 5.56 Å². The third-order valence-electron chi connectivity index (χ3n) is 4.80. The van der Waals surface area contributed by atoms with Gasteiger partial charge in [-0.05, 0) is 68.7 Å². The van der Waals surface area contributed by atoms with E-state index in [4.69, 9.17) is 0 Å². The highest BCUT2D eigenvalue weighted by Gasteiger charge is 2.19. The normalized spacial score (nSPS) is 19.7. The monoisotopic (exact) mass is 334 g/mol. The summed E-state index contributed by atoms with van der Waals surface area (Å²) in [5, 5.41) is 0. The van der Waals surface area contributed by atoms with Gasteiger partial charge in [0.2, 0.25) is 0 Å². The Morgan fingerprint density at radius 3 is 2.40 bits per heavy atom. The predicted octanol–water partition coefficient (Wildman–Crippen LogP) is 5.41. The van der Waals surface area contributed by atoms with Gasteiger partial charge in [-0.3, -0.25) is 0 Å². The van der Waals surface area contributed by atoms with Crippen molar-refractivity contribution in [3.05, 3.63) is 60.7 Å². The Morgan fingerprint density at radius 2 is 1.76 bits per heavy atom. The number of allylic oxidation sites excluding steroid dienone is 1. The van der Waals surface area contributed by atoms with E-state index in [1.807, 2.05) is 6.08 Å². The first kappa shape index (κ1) is 17.4. The second-order valence-corrected chi connectivity index (χ2v) is 6.66. The Labute approximate surface area is 149 Å². The van der Waals surface area contributed by atoms with Crippen molar-refractivity contribution in [3.8, 4) is 23.2 Å². The summed E-state index contributed by atoms with van der Waals surface area (Å²) < 4.78 is 13.0. The van der Waals surface area contributed by atoms with E-state index < -0.39 is 0 Å². The summed E-state index contributed by atoms with van der Waals surface area (Å²) in [6.45, 7) is 3.80. The number of rotatable bonds is 4. The SMILES string of the molecule is C=CCCC1CCC(C#Cc2cnc(-c3ccc(F)cc3)nc2)CC1. The van der Waals surface area contributed by atoms with E-state index in [9.17, 15) is 4.39 Å². The molecule has 2 aromatic rings. The number of halogens is 1. The molecular formula is C22H23FN2. The molecule has 0 radical (unpaired) electrons. The average molecular weight is 334 g/mol. The molecule has 1 aliphatic rings. The molecule has 1 fully saturated rings. The fraction of sp³-hybridized carbons (Fsp3) is 0.364. The van der Waals surface area contributed by atoms with Crippen LogP contribution in [0.1, 0.15) is 44.1 Å². The molecule has 1 saturated carbocycles. The number of hydrogen-bond donors (Lipinski definition) is 0. The minimum atomic E-state index is -0.259. The summed E-state index contributed by atoms with van der Waals surface area (Å²) in [6.07, 6.45) is 12.8. The van der Waals surface area contributed by atoms with Crippen LogP contribution in [0.2, 0.25) is 0 Å². The largest absolute Gasteiger partial charge is 0.235 e. The summed E-state index contributed by atoms with van der Waals surface area (Å²) in [7, 11) is 0. The molecule has 1 heterocycles. The molecule has 128 valence electrons. The van der Waals surface area contributed by atoms with Gasteiger partial charge in [-0.15, -0.1) is 6.58 Å². The first-order valence-corrected chi connectivity index (χ1v) is 8.95. The lowest BCUT2D eigenvalue weighted by Gasteiger charge is -2.25. The third-order valence-corrected chi connectivity index (χ3v) is 4.80. The summed E-state index contributed by atoms with van der Waals surface area (Å²) in [5.41, 5.74) is 1.64. The predicted molar refractivity (Wildman–Crippen MR) is 99.2 cm³/mol. The minimum absolute atomic E-state index is 0.259. The second-order valence-electron chi connectivity index (χ2n) is 6.66. The Hall–Kier alpha value is -2.47. The number of benzene rings is 1. The highest BCUT2D eigenvalue weighted by atomic mass is 19.1. The molecule has 25 heavy (non-hydrogen) atoms. The maximum Gasteiger partial charge on any atom is 0.159 e. The molecular weight excluding hydrogens is 311 g/mol. The van der Waals surface area contributed by atoms with Gasteiger partial charge < -0.3 is 0 Å². The van der Waals surface area contributed by atoms with Crippen LogP contribution < -0.4 is 0 Å². The summed E-state index contributed by atoms with van der Waals surface area (Å²) >= 11 is 0. The maximum atomic E-state index is 13.0. The van der Waals surface area contributed by atoms with Gasteiger partial charge in [-0.25, -0.2) is 14.4 Å². The Morgan fingerprint density at radius 1 is 1.08 bits per heavy atom. The summed E-state index contributed by atoms with van der Waals surface area (Å²) in [6, 6.07) is 6.19. The molecule has 0 atom stereocenters. The molecule has 0 saturated heterocycles. The van der Waals surface area contributed by atoms with Gasteiger partial charge in [0.15, 0.2) is 5.82 Å². The van der Waals surface area contributed by atoms with E-state index >= 15 is 0 Å². The van der Waals surface area contributed by atoms with Crippen molar-refractivity contribution < 1.29 is 4.39 Å². The lowest BCUT2D eigenvalue weighted by atomic mass is 9.80. The fourth-order valence-corrected chi connectivity index (χ4v) is 3.28. The van der Waals surface area contributed by atoms with Crippen LogP contribution in [0.25, 0.3) is 11.4 Å². The van der Waals surface area contributed by atoms with Gasteiger partial charge >= 0.3 is 0 Å². The van der Waals surface area contributed by atoms with Crippen molar-refractivity contribution in [2.45, 2.75) is 38.5 Å². The van der Waals surface area contributed by atoms with Crippen LogP contribution in [0, 0.1) is 29.5 Å². The Balaban J connectivity index is 1.57. The quantitative estimate of drug-likeness (QED) is 0.552. The van der Waals surface area contributed by atoms with Crippen LogP contribution in [-0.4, -0.2) is 9.97 Å². The van der Waals surface area contributed by atoms with Gasteiger partial charge in [0.25, 0.3) is 0 Å². The van der Waals surface area contributed by atoms with Crippen LogP contribution in [0.3, 0.4) is 0 Å². The van der Waals surface area contributed by atoms with Crippen LogP contribution in [-0.2, 0) is 0 Å². The first-order valence-electron chi connectivity index (χ1n) is 8.95. The van der Waals surface area contributed by atoms with E-state index in [1.54, 1.807) is 24.5 Å². The average Bonchev–Trinajstić information content (AvgIpc) is 2.67. The van der Waals surface area contributed by atoms with Crippen molar-refractivity contribution in [3.63, 3.8) is 0 Å². The number of hydrogen-bond acceptors (Lipinski definition) is 2. The highest BCUT2D eigenvalue weighted by Crippen LogP contribution is 2.31. The van der Waals surface area contributed by atoms with Crippen molar-refractivity contribution in [2.75, 3.05) is 0 Å². The van der Waals surface area contributed by atoms with Crippen molar-refractivity contribution in [1.82, 2.24) is 9.97 Å². The molecule has 0 N–H and O–H groups in total. The fourth-order valence-electron chi connectivity index (χ4n) is 3.28. The first-order chi connectivity index (χ1) is 12.2. The van der Waals surface area contributed by atoms with Crippen LogP contribution in [0.4, 0.5) is 4.39 Å². The van der Waals surface area contributed by atoms with Gasteiger partial charge in [0.1, 0.15) is 5.82 Å². The summed E-state index contributed by atoms with van der Waals surface area (Å²) in [5.74, 6) is 8.25. The zero-order valence-corrected chi connectivity index (χ0v) is 14.4. The molecule has 3 heteroatoms. The molecule has 0 bridgehead atoms. The van der Waals surface area contributed by atoms with Gasteiger partial charge in [-0.2, -0.15) is 0 Å². The Bertz CT molecular complexity index is 745. The molecule has 0 unspecified atom stereocenters. The minimum Gasteiger partial charge on any atom is -0.235 e. The van der Waals surface area contributed by atoms with E-state index in [-0.39, 0.29) is 5.82 Å². The lowest BCUT2D eigenvalue weighted by Crippen LogP contribution is -2.13. The van der Waals surface area contributed by atoms with Crippen molar-refractivity contribution in [1.29, 1.82) is 0 Å². The smallest absolute Gasteiger partial charge is 0.159 e. The van der Waals surface area contributed by atoms with E-state index in [1.165, 1.54) is 44.2 Å². The highest BCUT2D eigenvalue weighted by molar-refractivity contribution is 5.54. The lowest BCUT2D eigenvalue weighted by molar-refractivity contribution is 0.303. The second kappa shape index (κ2) is 8.58. The van der Waals surface area contributed by atoms with Crippen LogP contribution >= 0.6 is 0 Å². The Kier molecular flexibility index (Phi) is 5.95. The zero-order valence-electron chi connectivity index (χ0n) is 14.4. The van der Waals surface area contributed by atoms with Crippen LogP contribution in [0.5, 0.6) is 0 Å². The van der Waals surface area contributed by atoms with Gasteiger partial charge in [0, 0.05) is 23.9 Å². The van der Waals surface area contributed by atoms with E-state index in [0.29, 0.717) is 11.7 Å². The van der Waals surface area contributed by atoms with Crippen molar-refractivity contribution >= 4 is 0 Å². The van der Waals surface area contributed by atoms with Crippen molar-refractivity contribution in [2.24, 2.45) is 11.8 Å². The molecule has 3 rings (SSSR count). The summed E-state index contributed by atoms with van der Waals surface area (Å²) in [4.78, 5) is 8.69. The van der Waals surface area contributed by atoms with E-state index in [0.717, 1.165) is 23.5 Å². The molecule has 0 amide bonds. The molecule has 1 aliphatic carbocycles. The standard InChI is InChI=1S/C22H23FN2/c1-2-3-4-17-5-7-18(8-6-17)9-10-19-15-24-22(25-16-19)20-11-13-21(23)14-12-20/h2,11-18H,1,3-8H2. The zero-order chi connectivity index (χ0) is 17.5. The molecule has 1 aromatic heterocycles. The maximum absolute atomic E-state index is 13.0. The molecule has 1 aromatic carbocycles. The molecule has 2 nitrogen and oxygen atoms in total. The number of aromatic nitrogens is 2. The molecule has 0 aliphatic heterocycles. The van der Waals surface area contributed by atoms with Gasteiger partial charge in [-0.1, -0.05) is 17.9 Å². The van der Waals surface area contributed by atoms with E-state index in [2.05, 4.69) is 28.4 Å². The van der Waals surface area contributed by atoms with Crippen LogP contribution in [0.15, 0.2) is 49.3 Å². The topological polar surface area (TPSA) is 25.8 Å². The number of nitrogens with zero attached hydrogens (tertiary/aromatic N) is 2. The molecule has 0 spiro atoms.